The lowest BCUT2D eigenvalue weighted by atomic mass is 9.83. The van der Waals surface area contributed by atoms with E-state index in [1.165, 1.54) is 19.3 Å². The van der Waals surface area contributed by atoms with Gasteiger partial charge in [0, 0.05) is 12.1 Å². The summed E-state index contributed by atoms with van der Waals surface area (Å²) >= 11 is 0. The second-order valence-corrected chi connectivity index (χ2v) is 7.61. The van der Waals surface area contributed by atoms with Gasteiger partial charge in [-0.05, 0) is 58.9 Å². The highest BCUT2D eigenvalue weighted by Gasteiger charge is 2.31. The van der Waals surface area contributed by atoms with Crippen molar-refractivity contribution in [3.8, 4) is 0 Å². The first kappa shape index (κ1) is 17.3. The van der Waals surface area contributed by atoms with E-state index in [1.54, 1.807) is 0 Å². The fourth-order valence-corrected chi connectivity index (χ4v) is 2.12. The Kier molecular flexibility index (Phi) is 5.87. The number of carbonyl (C=O) groups is 1. The average molecular weight is 284 g/mol. The zero-order valence-electron chi connectivity index (χ0n) is 14.0. The number of ether oxygens (including phenoxy) is 1. The summed E-state index contributed by atoms with van der Waals surface area (Å²) in [4.78, 5) is 11.8. The number of alkyl carbamates (subject to hydrolysis) is 1. The molecule has 0 radical (unpaired) electrons. The first-order valence-corrected chi connectivity index (χ1v) is 7.84. The van der Waals surface area contributed by atoms with E-state index in [2.05, 4.69) is 31.4 Å². The van der Waals surface area contributed by atoms with Crippen LogP contribution >= 0.6 is 0 Å². The minimum absolute atomic E-state index is 0.0908. The van der Waals surface area contributed by atoms with Gasteiger partial charge in [-0.2, -0.15) is 0 Å². The molecule has 0 heterocycles. The van der Waals surface area contributed by atoms with E-state index in [0.717, 1.165) is 12.5 Å². The van der Waals surface area contributed by atoms with Crippen LogP contribution in [0.4, 0.5) is 4.79 Å². The van der Waals surface area contributed by atoms with Gasteiger partial charge in [-0.3, -0.25) is 0 Å². The van der Waals surface area contributed by atoms with Crippen molar-refractivity contribution in [2.75, 3.05) is 13.1 Å². The molecule has 1 saturated carbocycles. The Balaban J connectivity index is 2.42. The molecule has 118 valence electrons. The van der Waals surface area contributed by atoms with Gasteiger partial charge in [0.2, 0.25) is 0 Å². The summed E-state index contributed by atoms with van der Waals surface area (Å²) < 4.78 is 5.29. The largest absolute Gasteiger partial charge is 0.444 e. The van der Waals surface area contributed by atoms with Crippen LogP contribution in [0, 0.1) is 11.8 Å². The van der Waals surface area contributed by atoms with Crippen LogP contribution in [0.25, 0.3) is 0 Å². The summed E-state index contributed by atoms with van der Waals surface area (Å²) in [5, 5.41) is 6.54. The van der Waals surface area contributed by atoms with Crippen LogP contribution in [0.15, 0.2) is 0 Å². The van der Waals surface area contributed by atoms with Crippen molar-refractivity contribution in [1.82, 2.24) is 10.6 Å². The van der Waals surface area contributed by atoms with Crippen LogP contribution in [0.3, 0.4) is 0 Å². The van der Waals surface area contributed by atoms with Crippen molar-refractivity contribution < 1.29 is 9.53 Å². The third-order valence-corrected chi connectivity index (χ3v) is 4.29. The van der Waals surface area contributed by atoms with Gasteiger partial charge in [0.1, 0.15) is 5.60 Å². The molecular formula is C16H32N2O2. The van der Waals surface area contributed by atoms with E-state index in [4.69, 9.17) is 4.74 Å². The summed E-state index contributed by atoms with van der Waals surface area (Å²) in [6.07, 6.45) is 3.69. The number of carbonyl (C=O) groups excluding carboxylic acids is 1. The Morgan fingerprint density at radius 2 is 1.85 bits per heavy atom. The Bertz CT molecular complexity index is 319. The third-order valence-electron chi connectivity index (χ3n) is 4.29. The van der Waals surface area contributed by atoms with Gasteiger partial charge in [0.05, 0.1) is 0 Å². The summed E-state index contributed by atoms with van der Waals surface area (Å²) in [6.45, 7) is 13.8. The zero-order chi connectivity index (χ0) is 15.4. The van der Waals surface area contributed by atoms with E-state index >= 15 is 0 Å². The molecule has 1 rings (SSSR count). The maximum atomic E-state index is 11.8. The second kappa shape index (κ2) is 6.79. The molecule has 4 nitrogen and oxygen atoms in total. The summed E-state index contributed by atoms with van der Waals surface area (Å²) in [5.41, 5.74) is -0.538. The molecule has 1 unspecified atom stereocenters. The number of hydrogen-bond donors (Lipinski definition) is 2. The van der Waals surface area contributed by atoms with Gasteiger partial charge >= 0.3 is 6.09 Å². The zero-order valence-corrected chi connectivity index (χ0v) is 14.0. The van der Waals surface area contributed by atoms with Crippen LogP contribution in [0.2, 0.25) is 0 Å². The van der Waals surface area contributed by atoms with Gasteiger partial charge in [-0.15, -0.1) is 0 Å². The van der Waals surface area contributed by atoms with Crippen LogP contribution in [-0.4, -0.2) is 30.3 Å². The predicted octanol–water partition coefficient (Wildman–Crippen LogP) is 3.32. The van der Waals surface area contributed by atoms with Crippen molar-refractivity contribution >= 4 is 6.09 Å². The lowest BCUT2D eigenvalue weighted by Crippen LogP contribution is -2.56. The highest BCUT2D eigenvalue weighted by atomic mass is 16.6. The fourth-order valence-electron chi connectivity index (χ4n) is 2.12. The normalized spacial score (nSPS) is 19.4. The molecule has 1 atom stereocenters. The SMILES string of the molecule is CC(C)C(C)(CNC(=O)OC(C)(C)C)NCC1CCC1. The van der Waals surface area contributed by atoms with Crippen molar-refractivity contribution in [2.45, 2.75) is 71.9 Å². The monoisotopic (exact) mass is 284 g/mol. The Hall–Kier alpha value is -0.770. The molecule has 0 spiro atoms. The van der Waals surface area contributed by atoms with Crippen LogP contribution < -0.4 is 10.6 Å². The van der Waals surface area contributed by atoms with Crippen molar-refractivity contribution in [3.63, 3.8) is 0 Å². The smallest absolute Gasteiger partial charge is 0.407 e. The van der Waals surface area contributed by atoms with Gasteiger partial charge in [-0.25, -0.2) is 4.79 Å². The van der Waals surface area contributed by atoms with Crippen LogP contribution in [0.5, 0.6) is 0 Å². The number of rotatable bonds is 6. The minimum atomic E-state index is -0.447. The molecule has 0 aromatic rings. The molecule has 0 bridgehead atoms. The molecular weight excluding hydrogens is 252 g/mol. The van der Waals surface area contributed by atoms with Crippen molar-refractivity contribution in [1.29, 1.82) is 0 Å². The highest BCUT2D eigenvalue weighted by Crippen LogP contribution is 2.26. The van der Waals surface area contributed by atoms with Crippen LogP contribution in [0.1, 0.15) is 60.8 Å². The predicted molar refractivity (Wildman–Crippen MR) is 82.8 cm³/mol. The minimum Gasteiger partial charge on any atom is -0.444 e. The average Bonchev–Trinajstić information content (AvgIpc) is 2.21. The lowest BCUT2D eigenvalue weighted by Gasteiger charge is -2.38. The standard InChI is InChI=1S/C16H32N2O2/c1-12(2)16(6,18-10-13-8-7-9-13)11-17-14(19)20-15(3,4)5/h12-13,18H,7-11H2,1-6H3,(H,17,19). The molecule has 1 aliphatic carbocycles. The maximum Gasteiger partial charge on any atom is 0.407 e. The van der Waals surface area contributed by atoms with E-state index in [9.17, 15) is 4.79 Å². The molecule has 0 saturated heterocycles. The van der Waals surface area contributed by atoms with Gasteiger partial charge in [0.25, 0.3) is 0 Å². The Morgan fingerprint density at radius 3 is 2.25 bits per heavy atom. The molecule has 20 heavy (non-hydrogen) atoms. The first-order valence-electron chi connectivity index (χ1n) is 7.84. The Labute approximate surface area is 124 Å². The molecule has 4 heteroatoms. The lowest BCUT2D eigenvalue weighted by molar-refractivity contribution is 0.0501. The van der Waals surface area contributed by atoms with Crippen LogP contribution in [-0.2, 0) is 4.74 Å². The number of amides is 1. The fraction of sp³-hybridized carbons (Fsp3) is 0.938. The molecule has 2 N–H and O–H groups in total. The van der Waals surface area contributed by atoms with E-state index < -0.39 is 5.60 Å². The van der Waals surface area contributed by atoms with E-state index in [-0.39, 0.29) is 11.6 Å². The highest BCUT2D eigenvalue weighted by molar-refractivity contribution is 5.67. The molecule has 0 aliphatic heterocycles. The van der Waals surface area contributed by atoms with Gasteiger partial charge in [-0.1, -0.05) is 20.3 Å². The summed E-state index contributed by atoms with van der Waals surface area (Å²) in [7, 11) is 0. The molecule has 1 aliphatic rings. The number of nitrogens with one attached hydrogen (secondary N) is 2. The molecule has 0 aromatic heterocycles. The third kappa shape index (κ3) is 5.70. The van der Waals surface area contributed by atoms with E-state index in [1.807, 2.05) is 20.8 Å². The topological polar surface area (TPSA) is 50.4 Å². The van der Waals surface area contributed by atoms with Crippen molar-refractivity contribution in [2.24, 2.45) is 11.8 Å². The summed E-state index contributed by atoms with van der Waals surface area (Å²) in [6, 6.07) is 0. The number of hydrogen-bond acceptors (Lipinski definition) is 3. The molecule has 1 amide bonds. The Morgan fingerprint density at radius 1 is 1.25 bits per heavy atom. The first-order chi connectivity index (χ1) is 9.12. The maximum absolute atomic E-state index is 11.8. The van der Waals surface area contributed by atoms with Gasteiger partial charge < -0.3 is 15.4 Å². The van der Waals surface area contributed by atoms with Gasteiger partial charge in [0.15, 0.2) is 0 Å². The molecule has 1 fully saturated rings. The van der Waals surface area contributed by atoms with E-state index in [0.29, 0.717) is 12.5 Å². The second-order valence-electron chi connectivity index (χ2n) is 7.61. The quantitative estimate of drug-likeness (QED) is 0.786. The molecule has 0 aromatic carbocycles. The van der Waals surface area contributed by atoms with Crippen molar-refractivity contribution in [3.05, 3.63) is 0 Å². The summed E-state index contributed by atoms with van der Waals surface area (Å²) in [5.74, 6) is 1.26.